The predicted octanol–water partition coefficient (Wildman–Crippen LogP) is 1.02. The molecule has 0 amide bonds. The van der Waals surface area contributed by atoms with Crippen molar-refractivity contribution in [3.63, 3.8) is 0 Å². The highest BCUT2D eigenvalue weighted by Gasteiger charge is 2.34. The predicted molar refractivity (Wildman–Crippen MR) is 76.2 cm³/mol. The molecule has 0 saturated carbocycles. The number of carboxylic acid groups (broad SMARTS) is 1. The fourth-order valence-electron chi connectivity index (χ4n) is 2.48. The molecule has 1 saturated heterocycles. The van der Waals surface area contributed by atoms with Crippen LogP contribution in [0.5, 0.6) is 0 Å². The molecule has 118 valence electrons. The summed E-state index contributed by atoms with van der Waals surface area (Å²) in [5, 5.41) is 12.6. The van der Waals surface area contributed by atoms with E-state index in [9.17, 15) is 13.2 Å². The van der Waals surface area contributed by atoms with E-state index < -0.39 is 16.0 Å². The van der Waals surface area contributed by atoms with Crippen molar-refractivity contribution in [1.82, 2.24) is 14.1 Å². The van der Waals surface area contributed by atoms with Crippen molar-refractivity contribution in [2.45, 2.75) is 38.1 Å². The summed E-state index contributed by atoms with van der Waals surface area (Å²) in [5.74, 6) is -0.0838. The molecule has 0 spiro atoms. The van der Waals surface area contributed by atoms with Gasteiger partial charge in [0.05, 0.1) is 19.2 Å². The zero-order chi connectivity index (χ0) is 15.6. The number of hydrogen-bond acceptors (Lipinski definition) is 4. The summed E-state index contributed by atoms with van der Waals surface area (Å²) in [6, 6.07) is 0. The first-order valence-corrected chi connectivity index (χ1v) is 8.49. The topological polar surface area (TPSA) is 92.5 Å². The van der Waals surface area contributed by atoms with Crippen LogP contribution in [0, 0.1) is 11.8 Å². The lowest BCUT2D eigenvalue weighted by Crippen LogP contribution is -2.29. The van der Waals surface area contributed by atoms with Crippen LogP contribution in [-0.2, 0) is 21.4 Å². The van der Waals surface area contributed by atoms with Gasteiger partial charge in [-0.1, -0.05) is 13.8 Å². The smallest absolute Gasteiger partial charge is 0.305 e. The summed E-state index contributed by atoms with van der Waals surface area (Å²) in [4.78, 5) is 10.7. The van der Waals surface area contributed by atoms with Gasteiger partial charge in [0.1, 0.15) is 4.90 Å². The maximum Gasteiger partial charge on any atom is 0.305 e. The Morgan fingerprint density at radius 1 is 1.52 bits per heavy atom. The molecule has 1 N–H and O–H groups in total. The third-order valence-corrected chi connectivity index (χ3v) is 5.75. The van der Waals surface area contributed by atoms with Crippen molar-refractivity contribution in [2.24, 2.45) is 11.8 Å². The minimum atomic E-state index is -3.52. The number of carboxylic acids is 1. The lowest BCUT2D eigenvalue weighted by atomic mass is 9.96. The SMILES string of the molecule is CC(C)C1CCN(S(=O)(=O)c2cnn(CCC(=O)O)c2)C1. The van der Waals surface area contributed by atoms with E-state index >= 15 is 0 Å². The van der Waals surface area contributed by atoms with E-state index in [0.717, 1.165) is 6.42 Å². The average Bonchev–Trinajstić information content (AvgIpc) is 3.06. The standard InChI is InChI=1S/C13H21N3O4S/c1-10(2)11-3-6-16(8-11)21(19,20)12-7-14-15(9-12)5-4-13(17)18/h7,9-11H,3-6,8H2,1-2H3,(H,17,18). The first-order chi connectivity index (χ1) is 9.80. The van der Waals surface area contributed by atoms with Crippen LogP contribution in [0.4, 0.5) is 0 Å². The molecule has 2 heterocycles. The fraction of sp³-hybridized carbons (Fsp3) is 0.692. The van der Waals surface area contributed by atoms with Gasteiger partial charge in [-0.3, -0.25) is 9.48 Å². The van der Waals surface area contributed by atoms with E-state index in [1.165, 1.54) is 21.4 Å². The maximum atomic E-state index is 12.5. The Kier molecular flexibility index (Phi) is 4.67. The lowest BCUT2D eigenvalue weighted by Gasteiger charge is -2.17. The van der Waals surface area contributed by atoms with Crippen molar-refractivity contribution in [3.05, 3.63) is 12.4 Å². The minimum Gasteiger partial charge on any atom is -0.481 e. The number of aryl methyl sites for hydroxylation is 1. The molecule has 1 unspecified atom stereocenters. The van der Waals surface area contributed by atoms with Gasteiger partial charge in [-0.05, 0) is 18.3 Å². The van der Waals surface area contributed by atoms with Crippen LogP contribution in [0.1, 0.15) is 26.7 Å². The number of aromatic nitrogens is 2. The van der Waals surface area contributed by atoms with Gasteiger partial charge in [0, 0.05) is 19.3 Å². The highest BCUT2D eigenvalue weighted by atomic mass is 32.2. The van der Waals surface area contributed by atoms with E-state index in [-0.39, 0.29) is 17.9 Å². The summed E-state index contributed by atoms with van der Waals surface area (Å²) >= 11 is 0. The largest absolute Gasteiger partial charge is 0.481 e. The van der Waals surface area contributed by atoms with Crippen molar-refractivity contribution < 1.29 is 18.3 Å². The van der Waals surface area contributed by atoms with Crippen molar-refractivity contribution in [3.8, 4) is 0 Å². The van der Waals surface area contributed by atoms with E-state index in [0.29, 0.717) is 24.9 Å². The molecule has 1 fully saturated rings. The molecule has 0 radical (unpaired) electrons. The Morgan fingerprint density at radius 2 is 2.24 bits per heavy atom. The highest BCUT2D eigenvalue weighted by Crippen LogP contribution is 2.28. The molecule has 1 aliphatic rings. The molecular weight excluding hydrogens is 294 g/mol. The summed E-state index contributed by atoms with van der Waals surface area (Å²) < 4.78 is 27.9. The lowest BCUT2D eigenvalue weighted by molar-refractivity contribution is -0.137. The van der Waals surface area contributed by atoms with Gasteiger partial charge in [-0.25, -0.2) is 8.42 Å². The van der Waals surface area contributed by atoms with Crippen molar-refractivity contribution in [2.75, 3.05) is 13.1 Å². The molecule has 21 heavy (non-hydrogen) atoms. The van der Waals surface area contributed by atoms with Gasteiger partial charge in [0.25, 0.3) is 0 Å². The maximum absolute atomic E-state index is 12.5. The number of aliphatic carboxylic acids is 1. The normalized spacial score (nSPS) is 20.2. The molecule has 2 rings (SSSR count). The summed E-state index contributed by atoms with van der Waals surface area (Å²) in [7, 11) is -3.52. The molecular formula is C13H21N3O4S. The number of sulfonamides is 1. The van der Waals surface area contributed by atoms with Gasteiger partial charge in [0.15, 0.2) is 0 Å². The quantitative estimate of drug-likeness (QED) is 0.846. The van der Waals surface area contributed by atoms with E-state index in [1.807, 2.05) is 0 Å². The first kappa shape index (κ1) is 16.0. The second kappa shape index (κ2) is 6.15. The van der Waals surface area contributed by atoms with Crippen molar-refractivity contribution >= 4 is 16.0 Å². The van der Waals surface area contributed by atoms with Crippen molar-refractivity contribution in [1.29, 1.82) is 0 Å². The highest BCUT2D eigenvalue weighted by molar-refractivity contribution is 7.89. The number of rotatable bonds is 6. The third-order valence-electron chi connectivity index (χ3n) is 3.93. The van der Waals surface area contributed by atoms with Gasteiger partial charge >= 0.3 is 5.97 Å². The third kappa shape index (κ3) is 3.62. The molecule has 0 bridgehead atoms. The second-order valence-corrected chi connectivity index (χ2v) is 7.68. The Balaban J connectivity index is 2.08. The summed E-state index contributed by atoms with van der Waals surface area (Å²) in [6.07, 6.45) is 3.49. The van der Waals surface area contributed by atoms with Gasteiger partial charge in [0.2, 0.25) is 10.0 Å². The van der Waals surface area contributed by atoms with Crippen LogP contribution < -0.4 is 0 Å². The average molecular weight is 315 g/mol. The van der Waals surface area contributed by atoms with Gasteiger partial charge in [-0.15, -0.1) is 0 Å². The zero-order valence-electron chi connectivity index (χ0n) is 12.3. The first-order valence-electron chi connectivity index (χ1n) is 7.05. The monoisotopic (exact) mass is 315 g/mol. The summed E-state index contributed by atoms with van der Waals surface area (Å²) in [6.45, 7) is 5.45. The van der Waals surface area contributed by atoms with Gasteiger partial charge < -0.3 is 5.11 Å². The molecule has 8 heteroatoms. The molecule has 0 aromatic carbocycles. The van der Waals surface area contributed by atoms with Crippen LogP contribution in [0.2, 0.25) is 0 Å². The van der Waals surface area contributed by atoms with Crippen LogP contribution in [-0.4, -0.2) is 46.7 Å². The Morgan fingerprint density at radius 3 is 2.81 bits per heavy atom. The van der Waals surface area contributed by atoms with Gasteiger partial charge in [-0.2, -0.15) is 9.40 Å². The van der Waals surface area contributed by atoms with Crippen LogP contribution >= 0.6 is 0 Å². The Bertz CT molecular complexity index is 609. The molecule has 1 atom stereocenters. The number of nitrogens with zero attached hydrogens (tertiary/aromatic N) is 3. The molecule has 0 aliphatic carbocycles. The molecule has 1 aromatic heterocycles. The van der Waals surface area contributed by atoms with E-state index in [4.69, 9.17) is 5.11 Å². The van der Waals surface area contributed by atoms with E-state index in [1.54, 1.807) is 0 Å². The second-order valence-electron chi connectivity index (χ2n) is 5.74. The number of carbonyl (C=O) groups is 1. The fourth-order valence-corrected chi connectivity index (χ4v) is 3.94. The van der Waals surface area contributed by atoms with E-state index in [2.05, 4.69) is 18.9 Å². The Labute approximate surface area is 124 Å². The zero-order valence-corrected chi connectivity index (χ0v) is 13.1. The molecule has 1 aliphatic heterocycles. The minimum absolute atomic E-state index is 0.0830. The molecule has 1 aromatic rings. The summed E-state index contributed by atoms with van der Waals surface area (Å²) in [5.41, 5.74) is 0. The van der Waals surface area contributed by atoms with Crippen LogP contribution in [0.15, 0.2) is 17.3 Å². The Hall–Kier alpha value is -1.41. The molecule has 7 nitrogen and oxygen atoms in total. The number of hydrogen-bond donors (Lipinski definition) is 1. The van der Waals surface area contributed by atoms with Crippen LogP contribution in [0.25, 0.3) is 0 Å². The van der Waals surface area contributed by atoms with Crippen LogP contribution in [0.3, 0.4) is 0 Å².